The minimum absolute atomic E-state index is 0.0750. The number of phenolic OH excluding ortho intramolecular Hbond substituents is 1. The van der Waals surface area contributed by atoms with Gasteiger partial charge in [-0.3, -0.25) is 10.1 Å². The molecule has 0 bridgehead atoms. The van der Waals surface area contributed by atoms with Crippen molar-refractivity contribution in [2.75, 3.05) is 0 Å². The van der Waals surface area contributed by atoms with Gasteiger partial charge in [-0.25, -0.2) is 0 Å². The summed E-state index contributed by atoms with van der Waals surface area (Å²) in [6.45, 7) is 3.66. The van der Waals surface area contributed by atoms with Crippen molar-refractivity contribution in [3.8, 4) is 16.9 Å². The van der Waals surface area contributed by atoms with E-state index in [4.69, 9.17) is 0 Å². The predicted molar refractivity (Wildman–Crippen MR) is 69.7 cm³/mol. The van der Waals surface area contributed by atoms with Gasteiger partial charge in [-0.05, 0) is 60.4 Å². The van der Waals surface area contributed by atoms with Crippen LogP contribution in [-0.2, 0) is 0 Å². The molecular weight excluding hydrogens is 230 g/mol. The normalized spacial score (nSPS) is 10.3. The Kier molecular flexibility index (Phi) is 3.02. The van der Waals surface area contributed by atoms with E-state index in [0.29, 0.717) is 5.75 Å². The molecule has 0 atom stereocenters. The first-order valence-electron chi connectivity index (χ1n) is 5.54. The van der Waals surface area contributed by atoms with Crippen molar-refractivity contribution in [2.24, 2.45) is 0 Å². The van der Waals surface area contributed by atoms with Gasteiger partial charge in [0.05, 0.1) is 4.92 Å². The maximum atomic E-state index is 10.6. The van der Waals surface area contributed by atoms with E-state index in [2.05, 4.69) is 0 Å². The van der Waals surface area contributed by atoms with Crippen molar-refractivity contribution < 1.29 is 10.0 Å². The zero-order chi connectivity index (χ0) is 13.3. The molecule has 1 N–H and O–H groups in total. The molecule has 0 aliphatic carbocycles. The average molecular weight is 243 g/mol. The van der Waals surface area contributed by atoms with E-state index in [-0.39, 0.29) is 5.69 Å². The Balaban J connectivity index is 2.46. The molecule has 4 heteroatoms. The molecule has 0 amide bonds. The van der Waals surface area contributed by atoms with Gasteiger partial charge in [0.15, 0.2) is 0 Å². The Labute approximate surface area is 105 Å². The second kappa shape index (κ2) is 4.49. The summed E-state index contributed by atoms with van der Waals surface area (Å²) in [7, 11) is 0. The molecule has 0 aromatic heterocycles. The molecule has 0 spiro atoms. The van der Waals surface area contributed by atoms with Crippen molar-refractivity contribution >= 4 is 5.69 Å². The Morgan fingerprint density at radius 2 is 1.50 bits per heavy atom. The molecule has 0 unspecified atom stereocenters. The molecule has 0 fully saturated rings. The number of nitro groups is 1. The number of phenols is 1. The van der Waals surface area contributed by atoms with Gasteiger partial charge < -0.3 is 5.11 Å². The van der Waals surface area contributed by atoms with Crippen molar-refractivity contribution in [2.45, 2.75) is 13.8 Å². The Bertz CT molecular complexity index is 580. The Hall–Kier alpha value is -2.36. The maximum absolute atomic E-state index is 10.6. The van der Waals surface area contributed by atoms with Gasteiger partial charge in [0, 0.05) is 12.1 Å². The van der Waals surface area contributed by atoms with Crippen LogP contribution in [0, 0.1) is 24.0 Å². The molecule has 2 aromatic carbocycles. The number of non-ortho nitro benzene ring substituents is 1. The van der Waals surface area contributed by atoms with E-state index in [1.807, 2.05) is 26.0 Å². The second-order valence-corrected chi connectivity index (χ2v) is 4.26. The molecule has 2 rings (SSSR count). The molecule has 0 saturated heterocycles. The SMILES string of the molecule is Cc1cc(-c2ccc([N+](=O)[O-])cc2)cc(C)c1O. The van der Waals surface area contributed by atoms with Crippen LogP contribution < -0.4 is 0 Å². The second-order valence-electron chi connectivity index (χ2n) is 4.26. The van der Waals surface area contributed by atoms with Crippen LogP contribution >= 0.6 is 0 Å². The third-order valence-corrected chi connectivity index (χ3v) is 2.90. The van der Waals surface area contributed by atoms with E-state index in [1.54, 1.807) is 12.1 Å². The highest BCUT2D eigenvalue weighted by Crippen LogP contribution is 2.29. The Morgan fingerprint density at radius 3 is 1.94 bits per heavy atom. The summed E-state index contributed by atoms with van der Waals surface area (Å²) in [5.41, 5.74) is 3.50. The van der Waals surface area contributed by atoms with Crippen LogP contribution in [0.25, 0.3) is 11.1 Å². The fraction of sp³-hybridized carbons (Fsp3) is 0.143. The van der Waals surface area contributed by atoms with Crippen LogP contribution in [0.5, 0.6) is 5.75 Å². The van der Waals surface area contributed by atoms with Crippen LogP contribution in [0.1, 0.15) is 11.1 Å². The summed E-state index contributed by atoms with van der Waals surface area (Å²) in [5.74, 6) is 0.292. The van der Waals surface area contributed by atoms with Crippen LogP contribution in [0.15, 0.2) is 36.4 Å². The lowest BCUT2D eigenvalue weighted by atomic mass is 10.00. The van der Waals surface area contributed by atoms with Gasteiger partial charge in [-0.2, -0.15) is 0 Å². The van der Waals surface area contributed by atoms with Gasteiger partial charge in [-0.1, -0.05) is 0 Å². The number of rotatable bonds is 2. The van der Waals surface area contributed by atoms with Crippen molar-refractivity contribution in [1.29, 1.82) is 0 Å². The fourth-order valence-corrected chi connectivity index (χ4v) is 1.90. The quantitative estimate of drug-likeness (QED) is 0.647. The maximum Gasteiger partial charge on any atom is 0.269 e. The molecule has 0 aliphatic heterocycles. The topological polar surface area (TPSA) is 63.4 Å². The molecule has 0 radical (unpaired) electrons. The van der Waals surface area contributed by atoms with E-state index in [9.17, 15) is 15.2 Å². The summed E-state index contributed by atoms with van der Waals surface area (Å²) in [4.78, 5) is 10.2. The van der Waals surface area contributed by atoms with Crippen LogP contribution in [0.3, 0.4) is 0 Å². The first kappa shape index (κ1) is 12.1. The van der Waals surface area contributed by atoms with Crippen LogP contribution in [0.4, 0.5) is 5.69 Å². The van der Waals surface area contributed by atoms with Crippen LogP contribution in [-0.4, -0.2) is 10.0 Å². The van der Waals surface area contributed by atoms with Crippen molar-refractivity contribution in [3.05, 3.63) is 57.6 Å². The van der Waals surface area contributed by atoms with E-state index in [1.165, 1.54) is 12.1 Å². The summed E-state index contributed by atoms with van der Waals surface area (Å²) < 4.78 is 0. The van der Waals surface area contributed by atoms with Gasteiger partial charge in [0.1, 0.15) is 5.75 Å². The van der Waals surface area contributed by atoms with Crippen molar-refractivity contribution in [1.82, 2.24) is 0 Å². The predicted octanol–water partition coefficient (Wildman–Crippen LogP) is 3.58. The third-order valence-electron chi connectivity index (χ3n) is 2.90. The van der Waals surface area contributed by atoms with E-state index in [0.717, 1.165) is 22.3 Å². The third kappa shape index (κ3) is 2.18. The van der Waals surface area contributed by atoms with E-state index >= 15 is 0 Å². The first-order valence-corrected chi connectivity index (χ1v) is 5.54. The largest absolute Gasteiger partial charge is 0.507 e. The number of nitro benzene ring substituents is 1. The highest BCUT2D eigenvalue weighted by Gasteiger charge is 2.08. The van der Waals surface area contributed by atoms with Gasteiger partial charge >= 0.3 is 0 Å². The average Bonchev–Trinajstić information content (AvgIpc) is 2.35. The molecule has 0 heterocycles. The number of hydrogen-bond donors (Lipinski definition) is 1. The molecule has 0 saturated carbocycles. The molecule has 0 aliphatic rings. The summed E-state index contributed by atoms with van der Waals surface area (Å²) >= 11 is 0. The summed E-state index contributed by atoms with van der Waals surface area (Å²) in [6.07, 6.45) is 0. The summed E-state index contributed by atoms with van der Waals surface area (Å²) in [5, 5.41) is 20.3. The lowest BCUT2D eigenvalue weighted by Gasteiger charge is -2.08. The van der Waals surface area contributed by atoms with E-state index < -0.39 is 4.92 Å². The van der Waals surface area contributed by atoms with Crippen molar-refractivity contribution in [3.63, 3.8) is 0 Å². The van der Waals surface area contributed by atoms with Gasteiger partial charge in [0.2, 0.25) is 0 Å². The number of aryl methyl sites for hydroxylation is 2. The highest BCUT2D eigenvalue weighted by atomic mass is 16.6. The monoisotopic (exact) mass is 243 g/mol. The Morgan fingerprint density at radius 1 is 1.00 bits per heavy atom. The minimum atomic E-state index is -0.420. The fourth-order valence-electron chi connectivity index (χ4n) is 1.90. The highest BCUT2D eigenvalue weighted by molar-refractivity contribution is 5.68. The van der Waals surface area contributed by atoms with Gasteiger partial charge in [0.25, 0.3) is 5.69 Å². The standard InChI is InChI=1S/C14H13NO3/c1-9-7-12(8-10(2)14(9)16)11-3-5-13(6-4-11)15(17)18/h3-8,16H,1-2H3. The number of benzene rings is 2. The lowest BCUT2D eigenvalue weighted by molar-refractivity contribution is -0.384. The zero-order valence-electron chi connectivity index (χ0n) is 10.2. The molecule has 18 heavy (non-hydrogen) atoms. The molecule has 2 aromatic rings. The van der Waals surface area contributed by atoms with Gasteiger partial charge in [-0.15, -0.1) is 0 Å². The lowest BCUT2D eigenvalue weighted by Crippen LogP contribution is -1.88. The molecule has 4 nitrogen and oxygen atoms in total. The number of nitrogens with zero attached hydrogens (tertiary/aromatic N) is 1. The smallest absolute Gasteiger partial charge is 0.269 e. The molecule has 92 valence electrons. The zero-order valence-corrected chi connectivity index (χ0v) is 10.2. The first-order chi connectivity index (χ1) is 8.49. The summed E-state index contributed by atoms with van der Waals surface area (Å²) in [6, 6.07) is 10.1. The van der Waals surface area contributed by atoms with Crippen LogP contribution in [0.2, 0.25) is 0 Å². The minimum Gasteiger partial charge on any atom is -0.507 e. The molecular formula is C14H13NO3. The number of aromatic hydroxyl groups is 1. The number of hydrogen-bond acceptors (Lipinski definition) is 3.